The molecule has 4 fully saturated rings. The molecule has 0 radical (unpaired) electrons. The zero-order valence-corrected chi connectivity index (χ0v) is 24.2. The quantitative estimate of drug-likeness (QED) is 0.424. The topological polar surface area (TPSA) is 88.8 Å². The number of carbonyl (C=O) groups is 1. The number of hydrogen-bond donors (Lipinski definition) is 2. The first-order chi connectivity index (χ1) is 19.3. The van der Waals surface area contributed by atoms with Gasteiger partial charge in [0.05, 0.1) is 23.3 Å². The van der Waals surface area contributed by atoms with Gasteiger partial charge in [-0.15, -0.1) is 0 Å². The molecule has 1 aliphatic carbocycles. The number of nitrogens with zero attached hydrogens (tertiary/aromatic N) is 3. The van der Waals surface area contributed by atoms with Crippen molar-refractivity contribution in [2.45, 2.75) is 62.4 Å². The van der Waals surface area contributed by atoms with E-state index in [0.29, 0.717) is 35.8 Å². The molecule has 3 saturated heterocycles. The van der Waals surface area contributed by atoms with Crippen LogP contribution in [0.15, 0.2) is 48.7 Å². The zero-order valence-electron chi connectivity index (χ0n) is 22.6. The van der Waals surface area contributed by atoms with Gasteiger partial charge in [0.1, 0.15) is 0 Å². The number of halogens is 1. The minimum absolute atomic E-state index is 0.205. The summed E-state index contributed by atoms with van der Waals surface area (Å²) in [6.07, 6.45) is 9.38. The molecule has 3 aromatic rings. The van der Waals surface area contributed by atoms with E-state index in [4.69, 9.17) is 11.6 Å². The minimum atomic E-state index is -3.67. The van der Waals surface area contributed by atoms with E-state index in [0.717, 1.165) is 23.9 Å². The van der Waals surface area contributed by atoms with Crippen molar-refractivity contribution in [1.82, 2.24) is 19.5 Å². The molecule has 40 heavy (non-hydrogen) atoms. The molecule has 3 aliphatic heterocycles. The van der Waals surface area contributed by atoms with Gasteiger partial charge in [0.15, 0.2) is 0 Å². The molecule has 10 heteroatoms. The second kappa shape index (κ2) is 10.0. The summed E-state index contributed by atoms with van der Waals surface area (Å²) < 4.78 is 30.4. The third-order valence-electron chi connectivity index (χ3n) is 9.59. The van der Waals surface area contributed by atoms with Gasteiger partial charge in [0.2, 0.25) is 0 Å². The summed E-state index contributed by atoms with van der Waals surface area (Å²) in [5, 5.41) is 4.62. The number of likely N-dealkylation sites (tertiary alicyclic amines) is 1. The second-order valence-corrected chi connectivity index (χ2v) is 14.2. The third kappa shape index (κ3) is 4.61. The highest BCUT2D eigenvalue weighted by Gasteiger charge is 2.49. The fraction of sp³-hybridized carbons (Fsp3) is 0.500. The number of aromatic nitrogens is 1. The number of benzene rings is 2. The summed E-state index contributed by atoms with van der Waals surface area (Å²) in [6, 6.07) is 13.0. The highest BCUT2D eigenvalue weighted by atomic mass is 35.5. The van der Waals surface area contributed by atoms with Crippen LogP contribution in [-0.4, -0.2) is 73.3 Å². The molecule has 0 spiro atoms. The monoisotopic (exact) mass is 581 g/mol. The second-order valence-electron chi connectivity index (χ2n) is 12.0. The standard InChI is InChI=1S/C30H36ClN5O3S/c31-25-19-32-27-18-21(5-10-24(25)27)29(37)33-26-4-3-16-35-28(26)20-36(40(35,38)39)23-8-6-22(7-9-23)30(11-12-30)13-17-34-14-1-2-15-34/h5-10,18-19,26,28,32H,1-4,11-17,20H2,(H,33,37)/t26-,28-/m1/s1. The Morgan fingerprint density at radius 1 is 1.05 bits per heavy atom. The molecule has 1 amide bonds. The zero-order chi connectivity index (χ0) is 27.5. The number of fused-ring (bicyclic) bond motifs is 2. The Morgan fingerprint density at radius 2 is 1.82 bits per heavy atom. The number of rotatable bonds is 7. The molecule has 8 nitrogen and oxygen atoms in total. The molecule has 4 aliphatic rings. The van der Waals surface area contributed by atoms with Crippen molar-refractivity contribution in [2.75, 3.05) is 37.0 Å². The van der Waals surface area contributed by atoms with Crippen LogP contribution in [0, 0.1) is 0 Å². The van der Waals surface area contributed by atoms with E-state index in [-0.39, 0.29) is 23.4 Å². The van der Waals surface area contributed by atoms with E-state index in [1.165, 1.54) is 55.1 Å². The maximum absolute atomic E-state index is 13.6. The van der Waals surface area contributed by atoms with Crippen LogP contribution in [0.2, 0.25) is 5.02 Å². The van der Waals surface area contributed by atoms with E-state index in [1.807, 2.05) is 18.2 Å². The van der Waals surface area contributed by atoms with Gasteiger partial charge in [0.25, 0.3) is 5.91 Å². The van der Waals surface area contributed by atoms with Crippen molar-refractivity contribution in [3.8, 4) is 0 Å². The lowest BCUT2D eigenvalue weighted by Crippen LogP contribution is -2.54. The fourth-order valence-electron chi connectivity index (χ4n) is 7.01. The van der Waals surface area contributed by atoms with Gasteiger partial charge in [-0.25, -0.2) is 0 Å². The van der Waals surface area contributed by atoms with Gasteiger partial charge < -0.3 is 15.2 Å². The number of carbonyl (C=O) groups excluding carboxylic acids is 1. The van der Waals surface area contributed by atoms with E-state index < -0.39 is 10.2 Å². The van der Waals surface area contributed by atoms with Crippen molar-refractivity contribution >= 4 is 44.3 Å². The average molecular weight is 582 g/mol. The Balaban J connectivity index is 1.06. The maximum Gasteiger partial charge on any atom is 0.304 e. The van der Waals surface area contributed by atoms with E-state index in [2.05, 4.69) is 27.3 Å². The maximum atomic E-state index is 13.6. The van der Waals surface area contributed by atoms with Crippen molar-refractivity contribution in [1.29, 1.82) is 0 Å². The molecule has 2 aromatic carbocycles. The Kier molecular flexibility index (Phi) is 6.61. The number of nitrogens with one attached hydrogen (secondary N) is 2. The molecule has 0 bridgehead atoms. The van der Waals surface area contributed by atoms with Gasteiger partial charge in [0, 0.05) is 35.2 Å². The number of anilines is 1. The highest BCUT2D eigenvalue weighted by molar-refractivity contribution is 7.90. The average Bonchev–Trinajstić information content (AvgIpc) is 3.25. The molecule has 2 N–H and O–H groups in total. The summed E-state index contributed by atoms with van der Waals surface area (Å²) in [5.74, 6) is -0.205. The molecule has 2 atom stereocenters. The summed E-state index contributed by atoms with van der Waals surface area (Å²) >= 11 is 6.18. The first-order valence-corrected chi connectivity index (χ1v) is 16.3. The lowest BCUT2D eigenvalue weighted by molar-refractivity contribution is 0.0901. The first kappa shape index (κ1) is 26.3. The number of hydrogen-bond acceptors (Lipinski definition) is 4. The van der Waals surface area contributed by atoms with Gasteiger partial charge in [-0.05, 0) is 99.8 Å². The van der Waals surface area contributed by atoms with Gasteiger partial charge in [-0.1, -0.05) is 29.8 Å². The molecular formula is C30H36ClN5O3S. The Bertz CT molecular complexity index is 1530. The number of piperidine rings is 1. The molecule has 1 saturated carbocycles. The normalized spacial score (nSPS) is 25.8. The number of amides is 1. The van der Waals surface area contributed by atoms with Gasteiger partial charge in [-0.3, -0.25) is 9.10 Å². The Morgan fingerprint density at radius 3 is 2.58 bits per heavy atom. The predicted molar refractivity (Wildman–Crippen MR) is 158 cm³/mol. The van der Waals surface area contributed by atoms with E-state index >= 15 is 0 Å². The molecule has 4 heterocycles. The molecule has 0 unspecified atom stereocenters. The van der Waals surface area contributed by atoms with E-state index in [1.54, 1.807) is 22.6 Å². The molecular weight excluding hydrogens is 546 g/mol. The van der Waals surface area contributed by atoms with E-state index in [9.17, 15) is 13.2 Å². The predicted octanol–water partition coefficient (Wildman–Crippen LogP) is 4.67. The summed E-state index contributed by atoms with van der Waals surface area (Å²) in [4.78, 5) is 18.9. The van der Waals surface area contributed by atoms with Gasteiger partial charge >= 0.3 is 10.2 Å². The van der Waals surface area contributed by atoms with Crippen molar-refractivity contribution in [3.63, 3.8) is 0 Å². The lowest BCUT2D eigenvalue weighted by atomic mass is 9.92. The summed E-state index contributed by atoms with van der Waals surface area (Å²) in [6.45, 7) is 4.40. The number of H-pyrrole nitrogens is 1. The number of aromatic amines is 1. The largest absolute Gasteiger partial charge is 0.360 e. The SMILES string of the molecule is O=C(N[C@@H]1CCCN2[C@@H]1CN(c1ccc(C3(CCN4CCCC4)CC3)cc1)S2(=O)=O)c1ccc2c(Cl)c[nH]c2c1. The summed E-state index contributed by atoms with van der Waals surface area (Å²) in [7, 11) is -3.67. The van der Waals surface area contributed by atoms with Crippen LogP contribution >= 0.6 is 11.6 Å². The van der Waals surface area contributed by atoms with Crippen LogP contribution in [0.3, 0.4) is 0 Å². The Labute approximate surface area is 240 Å². The minimum Gasteiger partial charge on any atom is -0.360 e. The molecule has 7 rings (SSSR count). The van der Waals surface area contributed by atoms with Crippen LogP contribution in [-0.2, 0) is 15.6 Å². The van der Waals surface area contributed by atoms with Crippen LogP contribution in [0.5, 0.6) is 0 Å². The van der Waals surface area contributed by atoms with Gasteiger partial charge in [-0.2, -0.15) is 12.7 Å². The molecule has 212 valence electrons. The van der Waals surface area contributed by atoms with Crippen LogP contribution in [0.1, 0.15) is 60.9 Å². The molecule has 1 aromatic heterocycles. The first-order valence-electron chi connectivity index (χ1n) is 14.5. The van der Waals surface area contributed by atoms with Crippen molar-refractivity contribution < 1.29 is 13.2 Å². The van der Waals surface area contributed by atoms with Crippen molar-refractivity contribution in [2.24, 2.45) is 0 Å². The smallest absolute Gasteiger partial charge is 0.304 e. The van der Waals surface area contributed by atoms with Crippen molar-refractivity contribution in [3.05, 3.63) is 64.8 Å². The lowest BCUT2D eigenvalue weighted by Gasteiger charge is -2.34. The summed E-state index contributed by atoms with van der Waals surface area (Å²) in [5.41, 5.74) is 3.61. The highest BCUT2D eigenvalue weighted by Crippen LogP contribution is 2.51. The van der Waals surface area contributed by atoms with Crippen LogP contribution < -0.4 is 9.62 Å². The van der Waals surface area contributed by atoms with Crippen LogP contribution in [0.25, 0.3) is 10.9 Å². The Hall–Kier alpha value is -2.59. The third-order valence-corrected chi connectivity index (χ3v) is 11.9. The van der Waals surface area contributed by atoms with Crippen LogP contribution in [0.4, 0.5) is 5.69 Å². The fourth-order valence-corrected chi connectivity index (χ4v) is 9.12.